The molecule has 2 fully saturated rings. The first-order valence-corrected chi connectivity index (χ1v) is 8.06. The first-order chi connectivity index (χ1) is 11.3. The summed E-state index contributed by atoms with van der Waals surface area (Å²) in [5.41, 5.74) is -1.03. The highest BCUT2D eigenvalue weighted by Crippen LogP contribution is 2.37. The Morgan fingerprint density at radius 1 is 0.917 bits per heavy atom. The number of Topliss-reactive ketones (excluding diaryl/α,β-unsaturated/α-hetero) is 1. The van der Waals surface area contributed by atoms with Crippen LogP contribution in [0.25, 0.3) is 0 Å². The molecule has 2 bridgehead atoms. The number of carbonyl (C=O) groups excluding carboxylic acids is 1. The summed E-state index contributed by atoms with van der Waals surface area (Å²) in [7, 11) is 2.00. The third-order valence-electron chi connectivity index (χ3n) is 5.45. The van der Waals surface area contributed by atoms with E-state index in [9.17, 15) is 26.7 Å². The smallest absolute Gasteiger partial charge is 0.200 e. The summed E-state index contributed by atoms with van der Waals surface area (Å²) in [6, 6.07) is 0.477. The predicted molar refractivity (Wildman–Crippen MR) is 76.9 cm³/mol. The van der Waals surface area contributed by atoms with Crippen LogP contribution in [0.3, 0.4) is 0 Å². The molecule has 2 atom stereocenters. The van der Waals surface area contributed by atoms with Gasteiger partial charge in [-0.1, -0.05) is 6.42 Å². The number of rotatable bonds is 3. The molecule has 7 heteroatoms. The molecule has 0 saturated carbocycles. The maximum Gasteiger partial charge on any atom is 0.200 e. The van der Waals surface area contributed by atoms with E-state index in [1.54, 1.807) is 0 Å². The van der Waals surface area contributed by atoms with Crippen LogP contribution in [-0.2, 0) is 11.2 Å². The highest BCUT2D eigenvalue weighted by molar-refractivity contribution is 5.83. The second-order valence-corrected chi connectivity index (χ2v) is 6.76. The predicted octanol–water partition coefficient (Wildman–Crippen LogP) is 3.76. The Morgan fingerprint density at radius 3 is 1.88 bits per heavy atom. The number of nitrogens with zero attached hydrogens (tertiary/aromatic N) is 1. The van der Waals surface area contributed by atoms with Gasteiger partial charge in [-0.3, -0.25) is 4.79 Å². The van der Waals surface area contributed by atoms with Crippen molar-refractivity contribution < 1.29 is 26.7 Å². The molecular weight excluding hydrogens is 329 g/mol. The molecular formula is C17H18F5NO. The zero-order chi connectivity index (χ0) is 17.6. The van der Waals surface area contributed by atoms with E-state index in [2.05, 4.69) is 4.90 Å². The summed E-state index contributed by atoms with van der Waals surface area (Å²) in [5.74, 6) is -10.9. The van der Waals surface area contributed by atoms with Gasteiger partial charge in [-0.25, -0.2) is 22.0 Å². The molecule has 2 saturated heterocycles. The molecule has 24 heavy (non-hydrogen) atoms. The lowest BCUT2D eigenvalue weighted by molar-refractivity contribution is -0.126. The number of hydrogen-bond acceptors (Lipinski definition) is 2. The Kier molecular flexibility index (Phi) is 4.64. The van der Waals surface area contributed by atoms with E-state index in [1.165, 1.54) is 0 Å². The fourth-order valence-corrected chi connectivity index (χ4v) is 4.00. The van der Waals surface area contributed by atoms with E-state index in [4.69, 9.17) is 0 Å². The van der Waals surface area contributed by atoms with Crippen molar-refractivity contribution in [3.63, 3.8) is 0 Å². The van der Waals surface area contributed by atoms with Crippen LogP contribution in [0.5, 0.6) is 0 Å². The minimum Gasteiger partial charge on any atom is -0.300 e. The molecule has 0 aliphatic carbocycles. The molecule has 3 rings (SSSR count). The van der Waals surface area contributed by atoms with Crippen molar-refractivity contribution in [3.05, 3.63) is 34.6 Å². The van der Waals surface area contributed by atoms with Gasteiger partial charge in [0.1, 0.15) is 5.78 Å². The van der Waals surface area contributed by atoms with Crippen LogP contribution in [0.2, 0.25) is 0 Å². The van der Waals surface area contributed by atoms with E-state index >= 15 is 0 Å². The molecule has 2 heterocycles. The average Bonchev–Trinajstić information content (AvgIpc) is 2.54. The van der Waals surface area contributed by atoms with Gasteiger partial charge in [0.25, 0.3) is 0 Å². The van der Waals surface area contributed by atoms with Gasteiger partial charge >= 0.3 is 0 Å². The van der Waals surface area contributed by atoms with Crippen LogP contribution < -0.4 is 0 Å². The molecule has 0 spiro atoms. The molecule has 0 N–H and O–H groups in total. The van der Waals surface area contributed by atoms with Crippen LogP contribution in [-0.4, -0.2) is 29.8 Å². The van der Waals surface area contributed by atoms with E-state index in [0.717, 1.165) is 19.3 Å². The molecule has 2 aliphatic rings. The van der Waals surface area contributed by atoms with Gasteiger partial charge in [-0.2, -0.15) is 0 Å². The molecule has 2 nitrogen and oxygen atoms in total. The molecule has 1 aromatic carbocycles. The molecule has 0 radical (unpaired) electrons. The monoisotopic (exact) mass is 347 g/mol. The minimum atomic E-state index is -2.20. The topological polar surface area (TPSA) is 20.3 Å². The van der Waals surface area contributed by atoms with E-state index in [-0.39, 0.29) is 12.1 Å². The lowest BCUT2D eigenvalue weighted by atomic mass is 9.76. The highest BCUT2D eigenvalue weighted by atomic mass is 19.2. The maximum atomic E-state index is 13.7. The van der Waals surface area contributed by atoms with Gasteiger partial charge in [0.05, 0.1) is 0 Å². The Labute approximate surface area is 136 Å². The van der Waals surface area contributed by atoms with Crippen LogP contribution in [0, 0.1) is 35.0 Å². The van der Waals surface area contributed by atoms with Gasteiger partial charge in [0.2, 0.25) is 5.82 Å². The van der Waals surface area contributed by atoms with E-state index < -0.39 is 52.8 Å². The van der Waals surface area contributed by atoms with Crippen molar-refractivity contribution >= 4 is 5.78 Å². The molecule has 132 valence electrons. The average molecular weight is 347 g/mol. The molecule has 2 aliphatic heterocycles. The quantitative estimate of drug-likeness (QED) is 0.471. The standard InChI is InChI=1S/C17H18F5NO/c1-23-9-3-2-4-10(23)6-8(5-9)12(24)7-11-13(18)15(20)17(22)16(21)14(11)19/h8-10H,2-7H2,1H3. The van der Waals surface area contributed by atoms with Gasteiger partial charge in [-0.05, 0) is 32.7 Å². The summed E-state index contributed by atoms with van der Waals surface area (Å²) in [6.45, 7) is 0. The van der Waals surface area contributed by atoms with Crippen molar-refractivity contribution in [1.82, 2.24) is 4.90 Å². The third kappa shape index (κ3) is 2.83. The van der Waals surface area contributed by atoms with Crippen molar-refractivity contribution in [3.8, 4) is 0 Å². The summed E-state index contributed by atoms with van der Waals surface area (Å²) in [4.78, 5) is 14.7. The summed E-state index contributed by atoms with van der Waals surface area (Å²) < 4.78 is 67.1. The number of hydrogen-bond donors (Lipinski definition) is 0. The van der Waals surface area contributed by atoms with Crippen LogP contribution >= 0.6 is 0 Å². The second kappa shape index (κ2) is 6.43. The van der Waals surface area contributed by atoms with Crippen LogP contribution in [0.1, 0.15) is 37.7 Å². The van der Waals surface area contributed by atoms with E-state index in [1.807, 2.05) is 7.05 Å². The second-order valence-electron chi connectivity index (χ2n) is 6.76. The minimum absolute atomic E-state index is 0.239. The molecule has 0 aromatic heterocycles. The number of carbonyl (C=O) groups is 1. The number of piperidine rings is 2. The summed E-state index contributed by atoms with van der Waals surface area (Å²) in [6.07, 6.45) is 3.37. The first-order valence-electron chi connectivity index (χ1n) is 8.06. The van der Waals surface area contributed by atoms with Gasteiger partial charge in [0, 0.05) is 30.0 Å². The molecule has 1 aromatic rings. The number of benzene rings is 1. The zero-order valence-corrected chi connectivity index (χ0v) is 13.2. The van der Waals surface area contributed by atoms with Crippen molar-refractivity contribution in [1.29, 1.82) is 0 Å². The van der Waals surface area contributed by atoms with Crippen molar-refractivity contribution in [2.45, 2.75) is 50.6 Å². The van der Waals surface area contributed by atoms with Crippen LogP contribution in [0.4, 0.5) is 22.0 Å². The normalized spacial score (nSPS) is 27.3. The summed E-state index contributed by atoms with van der Waals surface area (Å²) in [5, 5.41) is 0. The summed E-state index contributed by atoms with van der Waals surface area (Å²) >= 11 is 0. The van der Waals surface area contributed by atoms with Gasteiger partial charge in [0.15, 0.2) is 23.3 Å². The largest absolute Gasteiger partial charge is 0.300 e. The highest BCUT2D eigenvalue weighted by Gasteiger charge is 2.39. The Balaban J connectivity index is 1.81. The SMILES string of the molecule is CN1C2CCCC1CC(C(=O)Cc1c(F)c(F)c(F)c(F)c1F)C2. The zero-order valence-electron chi connectivity index (χ0n) is 13.2. The van der Waals surface area contributed by atoms with Gasteiger partial charge in [-0.15, -0.1) is 0 Å². The molecule has 2 unspecified atom stereocenters. The number of halogens is 5. The number of fused-ring (bicyclic) bond motifs is 2. The maximum absolute atomic E-state index is 13.7. The Hall–Kier alpha value is -1.50. The van der Waals surface area contributed by atoms with E-state index in [0.29, 0.717) is 12.8 Å². The third-order valence-corrected chi connectivity index (χ3v) is 5.45. The Morgan fingerprint density at radius 2 is 1.38 bits per heavy atom. The van der Waals surface area contributed by atoms with Crippen molar-refractivity contribution in [2.75, 3.05) is 7.05 Å². The van der Waals surface area contributed by atoms with Crippen LogP contribution in [0.15, 0.2) is 0 Å². The lowest BCUT2D eigenvalue weighted by Gasteiger charge is -2.46. The van der Waals surface area contributed by atoms with Crippen molar-refractivity contribution in [2.24, 2.45) is 5.92 Å². The van der Waals surface area contributed by atoms with Gasteiger partial charge < -0.3 is 4.90 Å². The Bertz CT molecular complexity index is 634. The molecule has 0 amide bonds. The first kappa shape index (κ1) is 17.3. The number of ketones is 1. The fourth-order valence-electron chi connectivity index (χ4n) is 4.00. The fraction of sp³-hybridized carbons (Fsp3) is 0.588. The lowest BCUT2D eigenvalue weighted by Crippen LogP contribution is -2.51.